The van der Waals surface area contributed by atoms with Crippen LogP contribution in [0.1, 0.15) is 79.0 Å². The number of hydrogen-bond donors (Lipinski definition) is 5. The fourth-order valence-electron chi connectivity index (χ4n) is 10.9. The normalized spacial score (nSPS) is 26.9. The summed E-state index contributed by atoms with van der Waals surface area (Å²) < 4.78 is 36.2. The Hall–Kier alpha value is -7.39. The van der Waals surface area contributed by atoms with Crippen LogP contribution in [0, 0.1) is 36.5 Å². The van der Waals surface area contributed by atoms with E-state index < -0.39 is 99.8 Å². The number of methoxy groups -OCH3 is 1. The van der Waals surface area contributed by atoms with Crippen LogP contribution in [0.2, 0.25) is 0 Å². The summed E-state index contributed by atoms with van der Waals surface area (Å²) in [5.74, 6) is -9.51. The molecular weight excluding hydrogens is 1020 g/mol. The number of aliphatic hydroxyl groups excluding tert-OH is 3. The highest BCUT2D eigenvalue weighted by Crippen LogP contribution is 2.42. The fraction of sp³-hybridized carbons (Fsp3) is 0.475. The van der Waals surface area contributed by atoms with Crippen molar-refractivity contribution in [2.24, 2.45) is 29.6 Å². The fourth-order valence-corrected chi connectivity index (χ4v) is 10.9. The highest BCUT2D eigenvalue weighted by Gasteiger charge is 2.45. The highest BCUT2D eigenvalue weighted by atomic mass is 16.7. The standard InChI is InChI=1S/C59H71N5O15/c1-12-36-26-60-18-16-37(36)28-75-57(72)58(73)78-52-32(6)40(74-11)17-23-76-59(10)55(70)44-42-43(50(68)35(9)53(44)79-59)51(69)47(62-56(71)31(5)15-13-14-30(4)48(66)33(7)49(67)34(52)8)54-46(42)61-45-39(65)24-38(25-41(45)77-54)64-21-19-63(20-22-64)27-29(2)3/h13-18,23-26,29-30,32-34,40,48-49,52,66-68,70H,12,19-22,27-28H2,1-11H3,(H,62,71)/b14-13+,23-17+,31-15-. The Kier molecular flexibility index (Phi) is 17.2. The van der Waals surface area contributed by atoms with Gasteiger partial charge in [-0.2, -0.15) is 0 Å². The Labute approximate surface area is 456 Å². The first kappa shape index (κ1) is 57.8. The molecule has 3 aromatic carbocycles. The lowest BCUT2D eigenvalue weighted by molar-refractivity contribution is -0.180. The monoisotopic (exact) mass is 1090 g/mol. The Morgan fingerprint density at radius 3 is 2.33 bits per heavy atom. The number of aromatic nitrogens is 2. The largest absolute Gasteiger partial charge is 0.507 e. The van der Waals surface area contributed by atoms with Crippen molar-refractivity contribution >= 4 is 68.0 Å². The molecule has 5 bridgehead atoms. The minimum absolute atomic E-state index is 0.0135. The molecule has 4 aliphatic rings. The van der Waals surface area contributed by atoms with Gasteiger partial charge in [0.05, 0.1) is 35.2 Å². The van der Waals surface area contributed by atoms with Crippen LogP contribution in [0.4, 0.5) is 11.4 Å². The van der Waals surface area contributed by atoms with Gasteiger partial charge in [-0.1, -0.05) is 66.7 Å². The molecule has 0 aliphatic carbocycles. The molecule has 1 fully saturated rings. The zero-order valence-electron chi connectivity index (χ0n) is 46.5. The van der Waals surface area contributed by atoms with Gasteiger partial charge < -0.3 is 58.7 Å². The van der Waals surface area contributed by atoms with Gasteiger partial charge in [0.25, 0.3) is 5.91 Å². The second kappa shape index (κ2) is 23.5. The number of carbonyl (C=O) groups excluding carboxylic acids is 3. The molecule has 9 atom stereocenters. The molecule has 79 heavy (non-hydrogen) atoms. The number of esters is 2. The number of allylic oxidation sites excluding steroid dienone is 2. The van der Waals surface area contributed by atoms with Crippen molar-refractivity contribution in [2.45, 2.75) is 112 Å². The maximum Gasteiger partial charge on any atom is 0.417 e. The maximum absolute atomic E-state index is 15.0. The van der Waals surface area contributed by atoms with E-state index in [1.807, 2.05) is 6.92 Å². The lowest BCUT2D eigenvalue weighted by atomic mass is 9.78. The molecule has 0 saturated carbocycles. The number of phenolic OH excluding ortho intramolecular Hbond substituents is 1. The number of fused-ring (bicyclic) bond motifs is 14. The van der Waals surface area contributed by atoms with Crippen molar-refractivity contribution in [1.82, 2.24) is 14.9 Å². The first-order valence-electron chi connectivity index (χ1n) is 26.7. The van der Waals surface area contributed by atoms with E-state index in [1.54, 1.807) is 64.4 Å². The van der Waals surface area contributed by atoms with Crippen LogP contribution in [-0.4, -0.2) is 123 Å². The first-order chi connectivity index (χ1) is 37.5. The summed E-state index contributed by atoms with van der Waals surface area (Å²) in [6.45, 7) is 20.7. The van der Waals surface area contributed by atoms with Crippen LogP contribution in [0.25, 0.3) is 38.7 Å². The Balaban J connectivity index is 1.25. The number of rotatable bonds is 8. The summed E-state index contributed by atoms with van der Waals surface area (Å²) in [7, 11) is 1.38. The van der Waals surface area contributed by atoms with Gasteiger partial charge in [0.15, 0.2) is 22.4 Å². The molecule has 4 aliphatic heterocycles. The summed E-state index contributed by atoms with van der Waals surface area (Å²) in [5.41, 5.74) is -0.189. The third kappa shape index (κ3) is 11.4. The molecule has 1 amide bonds. The Morgan fingerprint density at radius 1 is 0.924 bits per heavy atom. The molecular formula is C59H71N5O15. The van der Waals surface area contributed by atoms with E-state index in [0.29, 0.717) is 36.7 Å². The average Bonchev–Trinajstić information content (AvgIpc) is 3.80. The second-order valence-corrected chi connectivity index (χ2v) is 21.6. The van der Waals surface area contributed by atoms with Crippen LogP contribution in [0.3, 0.4) is 0 Å². The number of ether oxygens (including phenoxy) is 5. The topological polar surface area (TPSA) is 270 Å². The summed E-state index contributed by atoms with van der Waals surface area (Å²) in [6, 6.07) is 4.80. The number of benzene rings is 3. The molecule has 20 nitrogen and oxygen atoms in total. The van der Waals surface area contributed by atoms with Gasteiger partial charge in [0, 0.05) is 117 Å². The van der Waals surface area contributed by atoms with Crippen LogP contribution in [0.5, 0.6) is 11.5 Å². The number of piperazine rings is 1. The molecule has 422 valence electrons. The van der Waals surface area contributed by atoms with Crippen molar-refractivity contribution in [2.75, 3.05) is 50.1 Å². The summed E-state index contributed by atoms with van der Waals surface area (Å²) in [6.07, 6.45) is 6.21. The maximum atomic E-state index is 15.0. The number of pyridine rings is 1. The molecule has 0 spiro atoms. The van der Waals surface area contributed by atoms with E-state index in [9.17, 15) is 39.6 Å². The number of carbonyl (C=O) groups is 3. The van der Waals surface area contributed by atoms with E-state index in [0.717, 1.165) is 25.2 Å². The quantitative estimate of drug-likeness (QED) is 0.0514. The van der Waals surface area contributed by atoms with Crippen LogP contribution < -0.4 is 31.0 Å². The Morgan fingerprint density at radius 2 is 1.65 bits per heavy atom. The van der Waals surface area contributed by atoms with Crippen molar-refractivity contribution < 1.29 is 62.9 Å². The van der Waals surface area contributed by atoms with Gasteiger partial charge in [0.2, 0.25) is 10.9 Å². The molecule has 9 rings (SSSR count). The summed E-state index contributed by atoms with van der Waals surface area (Å²) >= 11 is 0. The third-order valence-corrected chi connectivity index (χ3v) is 15.6. The molecule has 2 aromatic heterocycles. The lowest BCUT2D eigenvalue weighted by Crippen LogP contribution is -2.47. The van der Waals surface area contributed by atoms with Crippen LogP contribution in [0.15, 0.2) is 80.7 Å². The second-order valence-electron chi connectivity index (χ2n) is 21.6. The van der Waals surface area contributed by atoms with Gasteiger partial charge >= 0.3 is 17.7 Å². The average molecular weight is 1090 g/mol. The van der Waals surface area contributed by atoms with Crippen molar-refractivity contribution in [3.8, 4) is 11.5 Å². The summed E-state index contributed by atoms with van der Waals surface area (Å²) in [5, 5.41) is 50.0. The van der Waals surface area contributed by atoms with Crippen molar-refractivity contribution in [3.05, 3.63) is 109 Å². The van der Waals surface area contributed by atoms with E-state index in [-0.39, 0.29) is 61.7 Å². The number of anilines is 2. The van der Waals surface area contributed by atoms with Crippen molar-refractivity contribution in [1.29, 1.82) is 0 Å². The Bertz CT molecular complexity index is 3460. The predicted octanol–water partition coefficient (Wildman–Crippen LogP) is 6.02. The highest BCUT2D eigenvalue weighted by molar-refractivity contribution is 6.29. The van der Waals surface area contributed by atoms with Gasteiger partial charge in [0.1, 0.15) is 35.4 Å². The minimum atomic E-state index is -2.07. The zero-order valence-corrected chi connectivity index (χ0v) is 46.5. The smallest absolute Gasteiger partial charge is 0.417 e. The predicted molar refractivity (Wildman–Crippen MR) is 296 cm³/mol. The molecule has 5 N–H and O–H groups in total. The summed E-state index contributed by atoms with van der Waals surface area (Å²) in [4.78, 5) is 83.6. The van der Waals surface area contributed by atoms with E-state index in [2.05, 4.69) is 33.9 Å². The van der Waals surface area contributed by atoms with E-state index in [4.69, 9.17) is 33.1 Å². The first-order valence-corrected chi connectivity index (χ1v) is 26.7. The van der Waals surface area contributed by atoms with Gasteiger partial charge in [-0.15, -0.1) is 0 Å². The van der Waals surface area contributed by atoms with E-state index >= 15 is 4.79 Å². The zero-order chi connectivity index (χ0) is 57.4. The number of aliphatic hydroxyl groups is 3. The van der Waals surface area contributed by atoms with Gasteiger partial charge in [-0.25, -0.2) is 14.6 Å². The molecule has 6 heterocycles. The molecule has 5 aromatic rings. The minimum Gasteiger partial charge on any atom is -0.507 e. The number of nitrogens with one attached hydrogen (secondary N) is 1. The lowest BCUT2D eigenvalue weighted by Gasteiger charge is -2.38. The third-order valence-electron chi connectivity index (χ3n) is 15.6. The number of aromatic hydroxyl groups is 1. The SMILES string of the molecule is CCc1cnccc1COC(=O)C(=O)OC1C(C)C(OC)/C=C/OC2(C)Oc3c(C)c(O)c4c(=O)c(c5oc6cc(N7CCN(CC(C)C)CC7)cc(=O)c6nc5c4c3=C2O)NC(=O)/C(C)=C\C=C\C(C)C(O)C(C)C(O)C1C. The number of amides is 1. The van der Waals surface area contributed by atoms with Gasteiger partial charge in [-0.3, -0.25) is 24.3 Å². The van der Waals surface area contributed by atoms with Crippen molar-refractivity contribution in [3.63, 3.8) is 0 Å². The molecule has 20 heteroatoms. The number of nitrogens with zero attached hydrogens (tertiary/aromatic N) is 4. The molecule has 9 unspecified atom stereocenters. The van der Waals surface area contributed by atoms with Crippen LogP contribution in [-0.2, 0) is 46.4 Å². The number of hydrogen-bond acceptors (Lipinski definition) is 19. The number of phenols is 1. The molecule has 0 radical (unpaired) electrons. The number of aryl methyl sites for hydroxylation is 1. The van der Waals surface area contributed by atoms with Gasteiger partial charge in [-0.05, 0) is 49.5 Å². The molecule has 1 saturated heterocycles. The van der Waals surface area contributed by atoms with E-state index in [1.165, 1.54) is 52.4 Å². The van der Waals surface area contributed by atoms with Crippen LogP contribution >= 0.6 is 0 Å².